The van der Waals surface area contributed by atoms with Gasteiger partial charge in [-0.1, -0.05) is 6.92 Å². The molecule has 2 unspecified atom stereocenters. The summed E-state index contributed by atoms with van der Waals surface area (Å²) in [6.45, 7) is 3.81. The molecule has 0 radical (unpaired) electrons. The van der Waals surface area contributed by atoms with Crippen LogP contribution in [0.15, 0.2) is 24.3 Å². The van der Waals surface area contributed by atoms with Crippen molar-refractivity contribution in [1.29, 1.82) is 0 Å². The lowest BCUT2D eigenvalue weighted by Gasteiger charge is -2.36. The zero-order valence-electron chi connectivity index (χ0n) is 11.9. The third-order valence-corrected chi connectivity index (χ3v) is 4.16. The maximum absolute atomic E-state index is 12.5. The number of halogens is 3. The number of hydrogen-bond acceptors (Lipinski definition) is 2. The zero-order chi connectivity index (χ0) is 15.6. The van der Waals surface area contributed by atoms with E-state index in [0.717, 1.165) is 18.6 Å². The van der Waals surface area contributed by atoms with Gasteiger partial charge < -0.3 is 10.6 Å². The lowest BCUT2D eigenvalue weighted by Crippen LogP contribution is -2.45. The molecule has 1 saturated heterocycles. The van der Waals surface area contributed by atoms with Gasteiger partial charge in [-0.25, -0.2) is 0 Å². The molecule has 2 N–H and O–H groups in total. The van der Waals surface area contributed by atoms with E-state index in [1.54, 1.807) is 4.90 Å². The highest BCUT2D eigenvalue weighted by Gasteiger charge is 2.31. The SMILES string of the molecule is CC1CCN(C(=O)c2ccc(C(F)(F)F)cc2)CC1CN. The van der Waals surface area contributed by atoms with Crippen LogP contribution in [0.25, 0.3) is 0 Å². The molecule has 0 saturated carbocycles. The van der Waals surface area contributed by atoms with Gasteiger partial charge in [-0.2, -0.15) is 13.2 Å². The predicted molar refractivity (Wildman–Crippen MR) is 73.7 cm³/mol. The van der Waals surface area contributed by atoms with Gasteiger partial charge in [-0.3, -0.25) is 4.79 Å². The van der Waals surface area contributed by atoms with Crippen molar-refractivity contribution in [3.8, 4) is 0 Å². The fourth-order valence-electron chi connectivity index (χ4n) is 2.63. The van der Waals surface area contributed by atoms with E-state index in [1.165, 1.54) is 12.1 Å². The van der Waals surface area contributed by atoms with Gasteiger partial charge in [0.2, 0.25) is 0 Å². The fraction of sp³-hybridized carbons (Fsp3) is 0.533. The molecular weight excluding hydrogens is 281 g/mol. The number of rotatable bonds is 2. The Morgan fingerprint density at radius 2 is 1.95 bits per heavy atom. The van der Waals surface area contributed by atoms with Crippen LogP contribution in [0.3, 0.4) is 0 Å². The summed E-state index contributed by atoms with van der Waals surface area (Å²) < 4.78 is 37.5. The lowest BCUT2D eigenvalue weighted by atomic mass is 9.87. The molecule has 1 fully saturated rings. The van der Waals surface area contributed by atoms with Crippen molar-refractivity contribution in [3.05, 3.63) is 35.4 Å². The summed E-state index contributed by atoms with van der Waals surface area (Å²) in [5, 5.41) is 0. The quantitative estimate of drug-likeness (QED) is 0.913. The van der Waals surface area contributed by atoms with Crippen molar-refractivity contribution in [2.24, 2.45) is 17.6 Å². The first kappa shape index (κ1) is 15.8. The van der Waals surface area contributed by atoms with Gasteiger partial charge in [0.25, 0.3) is 5.91 Å². The molecule has 0 aromatic heterocycles. The number of piperidine rings is 1. The standard InChI is InChI=1S/C15H19F3N2O/c1-10-6-7-20(9-12(10)8-19)14(21)11-2-4-13(5-3-11)15(16,17)18/h2-5,10,12H,6-9,19H2,1H3. The van der Waals surface area contributed by atoms with E-state index in [9.17, 15) is 18.0 Å². The Balaban J connectivity index is 2.10. The molecule has 1 aromatic rings. The number of nitrogens with zero attached hydrogens (tertiary/aromatic N) is 1. The summed E-state index contributed by atoms with van der Waals surface area (Å²) in [5.41, 5.74) is 5.24. The van der Waals surface area contributed by atoms with Gasteiger partial charge in [0.15, 0.2) is 0 Å². The Bertz CT molecular complexity index is 499. The third kappa shape index (κ3) is 3.56. The second-order valence-electron chi connectivity index (χ2n) is 5.59. The third-order valence-electron chi connectivity index (χ3n) is 4.16. The number of benzene rings is 1. The molecule has 0 aliphatic carbocycles. The molecule has 1 amide bonds. The number of hydrogen-bond donors (Lipinski definition) is 1. The summed E-state index contributed by atoms with van der Waals surface area (Å²) in [6, 6.07) is 4.36. The van der Waals surface area contributed by atoms with E-state index in [-0.39, 0.29) is 17.4 Å². The van der Waals surface area contributed by atoms with Crippen LogP contribution in [-0.4, -0.2) is 30.4 Å². The smallest absolute Gasteiger partial charge is 0.338 e. The van der Waals surface area contributed by atoms with E-state index >= 15 is 0 Å². The number of alkyl halides is 3. The van der Waals surface area contributed by atoms with E-state index in [1.807, 2.05) is 0 Å². The van der Waals surface area contributed by atoms with Crippen molar-refractivity contribution in [3.63, 3.8) is 0 Å². The predicted octanol–water partition coefficient (Wildman–Crippen LogP) is 2.76. The van der Waals surface area contributed by atoms with Gasteiger partial charge >= 0.3 is 6.18 Å². The molecule has 6 heteroatoms. The van der Waals surface area contributed by atoms with Crippen LogP contribution < -0.4 is 5.73 Å². The van der Waals surface area contributed by atoms with E-state index in [2.05, 4.69) is 6.92 Å². The van der Waals surface area contributed by atoms with E-state index in [4.69, 9.17) is 5.73 Å². The molecule has 3 nitrogen and oxygen atoms in total. The normalized spacial score (nSPS) is 23.2. The van der Waals surface area contributed by atoms with Crippen molar-refractivity contribution in [2.75, 3.05) is 19.6 Å². The molecule has 1 heterocycles. The first-order valence-corrected chi connectivity index (χ1v) is 6.99. The largest absolute Gasteiger partial charge is 0.416 e. The summed E-state index contributed by atoms with van der Waals surface area (Å²) in [6.07, 6.45) is -3.51. The van der Waals surface area contributed by atoms with Crippen molar-refractivity contribution in [2.45, 2.75) is 19.5 Å². The summed E-state index contributed by atoms with van der Waals surface area (Å²) in [7, 11) is 0. The highest BCUT2D eigenvalue weighted by atomic mass is 19.4. The highest BCUT2D eigenvalue weighted by Crippen LogP contribution is 2.29. The van der Waals surface area contributed by atoms with E-state index < -0.39 is 11.7 Å². The Kier molecular flexibility index (Phi) is 4.56. The highest BCUT2D eigenvalue weighted by molar-refractivity contribution is 5.94. The van der Waals surface area contributed by atoms with Gasteiger partial charge in [-0.05, 0) is 49.1 Å². The molecule has 2 rings (SSSR count). The first-order valence-electron chi connectivity index (χ1n) is 6.99. The average Bonchev–Trinajstić information content (AvgIpc) is 2.46. The molecule has 1 aliphatic rings. The van der Waals surface area contributed by atoms with Crippen molar-refractivity contribution < 1.29 is 18.0 Å². The Morgan fingerprint density at radius 3 is 2.48 bits per heavy atom. The number of amides is 1. The average molecular weight is 300 g/mol. The van der Waals surface area contributed by atoms with Crippen LogP contribution in [0.5, 0.6) is 0 Å². The molecule has 116 valence electrons. The van der Waals surface area contributed by atoms with Crippen molar-refractivity contribution in [1.82, 2.24) is 4.90 Å². The number of nitrogens with two attached hydrogens (primary N) is 1. The van der Waals surface area contributed by atoms with Crippen LogP contribution in [-0.2, 0) is 6.18 Å². The molecule has 0 bridgehead atoms. The van der Waals surface area contributed by atoms with Crippen LogP contribution in [0.2, 0.25) is 0 Å². The van der Waals surface area contributed by atoms with E-state index in [0.29, 0.717) is 25.6 Å². The van der Waals surface area contributed by atoms with Crippen LogP contribution in [0, 0.1) is 11.8 Å². The minimum absolute atomic E-state index is 0.228. The number of carbonyl (C=O) groups is 1. The lowest BCUT2D eigenvalue weighted by molar-refractivity contribution is -0.137. The fourth-order valence-corrected chi connectivity index (χ4v) is 2.63. The topological polar surface area (TPSA) is 46.3 Å². The second kappa shape index (κ2) is 6.05. The second-order valence-corrected chi connectivity index (χ2v) is 5.59. The Morgan fingerprint density at radius 1 is 1.33 bits per heavy atom. The Hall–Kier alpha value is -1.56. The van der Waals surface area contributed by atoms with Gasteiger partial charge in [0.1, 0.15) is 0 Å². The Labute approximate surface area is 121 Å². The summed E-state index contributed by atoms with van der Waals surface area (Å²) >= 11 is 0. The van der Waals surface area contributed by atoms with Crippen molar-refractivity contribution >= 4 is 5.91 Å². The van der Waals surface area contributed by atoms with Crippen LogP contribution in [0.1, 0.15) is 29.3 Å². The maximum Gasteiger partial charge on any atom is 0.416 e. The van der Waals surface area contributed by atoms with Gasteiger partial charge in [-0.15, -0.1) is 0 Å². The molecular formula is C15H19F3N2O. The summed E-state index contributed by atoms with van der Waals surface area (Å²) in [5.74, 6) is 0.484. The molecule has 1 aliphatic heterocycles. The first-order chi connectivity index (χ1) is 9.82. The zero-order valence-corrected chi connectivity index (χ0v) is 11.9. The maximum atomic E-state index is 12.5. The molecule has 2 atom stereocenters. The van der Waals surface area contributed by atoms with Crippen LogP contribution in [0.4, 0.5) is 13.2 Å². The monoisotopic (exact) mass is 300 g/mol. The number of likely N-dealkylation sites (tertiary alicyclic amines) is 1. The minimum Gasteiger partial charge on any atom is -0.338 e. The molecule has 0 spiro atoms. The van der Waals surface area contributed by atoms with Gasteiger partial charge in [0, 0.05) is 18.7 Å². The summed E-state index contributed by atoms with van der Waals surface area (Å²) in [4.78, 5) is 14.0. The van der Waals surface area contributed by atoms with Gasteiger partial charge in [0.05, 0.1) is 5.56 Å². The minimum atomic E-state index is -4.38. The molecule has 21 heavy (non-hydrogen) atoms. The van der Waals surface area contributed by atoms with Crippen LogP contribution >= 0.6 is 0 Å². The molecule has 1 aromatic carbocycles. The number of carbonyl (C=O) groups excluding carboxylic acids is 1.